The fraction of sp³-hybridized carbons (Fsp3) is 0.562. The SMILES string of the molecule is Cc1cc(Br)ccc1C(=O)C1CCOC2(CCSC2)C1. The van der Waals surface area contributed by atoms with Crippen LogP contribution < -0.4 is 0 Å². The Bertz CT molecular complexity index is 523. The second kappa shape index (κ2) is 5.82. The van der Waals surface area contributed by atoms with E-state index < -0.39 is 0 Å². The highest BCUT2D eigenvalue weighted by Gasteiger charge is 2.42. The van der Waals surface area contributed by atoms with Crippen molar-refractivity contribution in [1.82, 2.24) is 0 Å². The molecule has 2 aliphatic rings. The molecule has 2 aliphatic heterocycles. The molecule has 1 aromatic rings. The Morgan fingerprint density at radius 2 is 2.35 bits per heavy atom. The van der Waals surface area contributed by atoms with Crippen LogP contribution in [0.2, 0.25) is 0 Å². The Hall–Kier alpha value is -0.320. The van der Waals surface area contributed by atoms with Crippen LogP contribution in [0.1, 0.15) is 35.2 Å². The van der Waals surface area contributed by atoms with Gasteiger partial charge in [0.2, 0.25) is 0 Å². The van der Waals surface area contributed by atoms with Gasteiger partial charge >= 0.3 is 0 Å². The molecule has 0 aromatic heterocycles. The van der Waals surface area contributed by atoms with Gasteiger partial charge in [0.15, 0.2) is 5.78 Å². The molecule has 2 saturated heterocycles. The first-order chi connectivity index (χ1) is 9.60. The van der Waals surface area contributed by atoms with Gasteiger partial charge in [-0.2, -0.15) is 11.8 Å². The number of thioether (sulfide) groups is 1. The average Bonchev–Trinajstić information content (AvgIpc) is 2.86. The third kappa shape index (κ3) is 2.83. The average molecular weight is 355 g/mol. The highest BCUT2D eigenvalue weighted by Crippen LogP contribution is 2.41. The van der Waals surface area contributed by atoms with Crippen LogP contribution in [0.25, 0.3) is 0 Å². The molecule has 2 heterocycles. The lowest BCUT2D eigenvalue weighted by molar-refractivity contribution is -0.0734. The number of ether oxygens (including phenoxy) is 1. The fourth-order valence-electron chi connectivity index (χ4n) is 3.24. The van der Waals surface area contributed by atoms with Crippen LogP contribution in [-0.2, 0) is 4.74 Å². The Labute approximate surface area is 132 Å². The number of hydrogen-bond donors (Lipinski definition) is 0. The van der Waals surface area contributed by atoms with Gasteiger partial charge in [0.25, 0.3) is 0 Å². The molecule has 1 spiro atoms. The normalized spacial score (nSPS) is 29.8. The van der Waals surface area contributed by atoms with E-state index in [4.69, 9.17) is 4.74 Å². The van der Waals surface area contributed by atoms with Crippen LogP contribution in [0.3, 0.4) is 0 Å². The van der Waals surface area contributed by atoms with E-state index in [9.17, 15) is 4.79 Å². The molecule has 0 aliphatic carbocycles. The van der Waals surface area contributed by atoms with Crippen LogP contribution in [-0.4, -0.2) is 29.5 Å². The van der Waals surface area contributed by atoms with Crippen molar-refractivity contribution in [3.8, 4) is 0 Å². The molecule has 1 aromatic carbocycles. The van der Waals surface area contributed by atoms with Gasteiger partial charge in [0, 0.05) is 28.3 Å². The number of aryl methyl sites for hydroxylation is 1. The minimum absolute atomic E-state index is 0.0213. The summed E-state index contributed by atoms with van der Waals surface area (Å²) in [7, 11) is 0. The number of rotatable bonds is 2. The van der Waals surface area contributed by atoms with E-state index in [-0.39, 0.29) is 11.5 Å². The maximum absolute atomic E-state index is 12.8. The maximum atomic E-state index is 12.8. The van der Waals surface area contributed by atoms with Gasteiger partial charge in [-0.1, -0.05) is 22.0 Å². The number of carbonyl (C=O) groups is 1. The van der Waals surface area contributed by atoms with Gasteiger partial charge in [-0.15, -0.1) is 0 Å². The molecule has 20 heavy (non-hydrogen) atoms. The topological polar surface area (TPSA) is 26.3 Å². The molecule has 108 valence electrons. The van der Waals surface area contributed by atoms with Gasteiger partial charge in [0.1, 0.15) is 0 Å². The van der Waals surface area contributed by atoms with Gasteiger partial charge in [-0.3, -0.25) is 4.79 Å². The quantitative estimate of drug-likeness (QED) is 0.743. The Morgan fingerprint density at radius 3 is 3.05 bits per heavy atom. The molecule has 0 saturated carbocycles. The highest BCUT2D eigenvalue weighted by molar-refractivity contribution is 9.10. The molecule has 0 radical (unpaired) electrons. The molecule has 2 atom stereocenters. The van der Waals surface area contributed by atoms with E-state index in [1.54, 1.807) is 0 Å². The van der Waals surface area contributed by atoms with E-state index in [1.165, 1.54) is 0 Å². The number of hydrogen-bond acceptors (Lipinski definition) is 3. The molecule has 4 heteroatoms. The lowest BCUT2D eigenvalue weighted by Gasteiger charge is -2.37. The second-order valence-corrected chi connectivity index (χ2v) is 7.87. The summed E-state index contributed by atoms with van der Waals surface area (Å²) in [6, 6.07) is 5.93. The first kappa shape index (κ1) is 14.6. The first-order valence-corrected chi connectivity index (χ1v) is 9.06. The summed E-state index contributed by atoms with van der Waals surface area (Å²) in [6.07, 6.45) is 2.86. The van der Waals surface area contributed by atoms with Crippen molar-refractivity contribution in [2.24, 2.45) is 5.92 Å². The van der Waals surface area contributed by atoms with Crippen molar-refractivity contribution in [3.05, 3.63) is 33.8 Å². The molecule has 3 rings (SSSR count). The zero-order valence-corrected chi connectivity index (χ0v) is 14.1. The Morgan fingerprint density at radius 1 is 1.50 bits per heavy atom. The van der Waals surface area contributed by atoms with Gasteiger partial charge < -0.3 is 4.74 Å². The standard InChI is InChI=1S/C16H19BrO2S/c1-11-8-13(17)2-3-14(11)15(18)12-4-6-19-16(9-12)5-7-20-10-16/h2-3,8,12H,4-7,9-10H2,1H3. The molecule has 2 unspecified atom stereocenters. The summed E-state index contributed by atoms with van der Waals surface area (Å²) in [5.74, 6) is 2.64. The molecule has 2 nitrogen and oxygen atoms in total. The van der Waals surface area contributed by atoms with Crippen LogP contribution in [0, 0.1) is 12.8 Å². The molecule has 0 N–H and O–H groups in total. The van der Waals surface area contributed by atoms with Crippen molar-refractivity contribution in [2.75, 3.05) is 18.1 Å². The van der Waals surface area contributed by atoms with Crippen LogP contribution in [0.5, 0.6) is 0 Å². The van der Waals surface area contributed by atoms with Crippen LogP contribution >= 0.6 is 27.7 Å². The third-order valence-electron chi connectivity index (χ3n) is 4.38. The largest absolute Gasteiger partial charge is 0.374 e. The number of benzene rings is 1. The number of ketones is 1. The molecular formula is C16H19BrO2S. The van der Waals surface area contributed by atoms with E-state index >= 15 is 0 Å². The summed E-state index contributed by atoms with van der Waals surface area (Å²) in [5, 5.41) is 0. The zero-order chi connectivity index (χ0) is 14.2. The van der Waals surface area contributed by atoms with Gasteiger partial charge in [-0.25, -0.2) is 0 Å². The third-order valence-corrected chi connectivity index (χ3v) is 6.10. The van der Waals surface area contributed by atoms with Crippen molar-refractivity contribution in [3.63, 3.8) is 0 Å². The van der Waals surface area contributed by atoms with E-state index in [0.29, 0.717) is 5.78 Å². The van der Waals surface area contributed by atoms with Crippen LogP contribution in [0.15, 0.2) is 22.7 Å². The van der Waals surface area contributed by atoms with Crippen molar-refractivity contribution >= 4 is 33.5 Å². The number of carbonyl (C=O) groups excluding carboxylic acids is 1. The zero-order valence-electron chi connectivity index (χ0n) is 11.7. The number of halogens is 1. The highest BCUT2D eigenvalue weighted by atomic mass is 79.9. The summed E-state index contributed by atoms with van der Waals surface area (Å²) < 4.78 is 7.04. The summed E-state index contributed by atoms with van der Waals surface area (Å²) in [5.41, 5.74) is 1.92. The molecule has 0 bridgehead atoms. The predicted molar refractivity (Wildman–Crippen MR) is 86.6 cm³/mol. The smallest absolute Gasteiger partial charge is 0.166 e. The fourth-order valence-corrected chi connectivity index (χ4v) is 5.09. The van der Waals surface area contributed by atoms with Gasteiger partial charge in [0.05, 0.1) is 5.60 Å². The van der Waals surface area contributed by atoms with Crippen molar-refractivity contribution in [1.29, 1.82) is 0 Å². The Kier molecular flexibility index (Phi) is 4.25. The van der Waals surface area contributed by atoms with Crippen LogP contribution in [0.4, 0.5) is 0 Å². The van der Waals surface area contributed by atoms with E-state index in [2.05, 4.69) is 15.9 Å². The predicted octanol–water partition coefficient (Wildman–Crippen LogP) is 4.24. The summed E-state index contributed by atoms with van der Waals surface area (Å²) in [4.78, 5) is 12.8. The van der Waals surface area contributed by atoms with Crippen molar-refractivity contribution in [2.45, 2.75) is 31.8 Å². The van der Waals surface area contributed by atoms with E-state index in [0.717, 1.165) is 53.0 Å². The second-order valence-electron chi connectivity index (χ2n) is 5.85. The summed E-state index contributed by atoms with van der Waals surface area (Å²) >= 11 is 5.41. The minimum Gasteiger partial charge on any atom is -0.374 e. The monoisotopic (exact) mass is 354 g/mol. The molecule has 2 fully saturated rings. The lowest BCUT2D eigenvalue weighted by Crippen LogP contribution is -2.42. The minimum atomic E-state index is -0.0213. The number of Topliss-reactive ketones (excluding diaryl/α,β-unsaturated/α-hetero) is 1. The maximum Gasteiger partial charge on any atom is 0.166 e. The lowest BCUT2D eigenvalue weighted by atomic mass is 9.80. The first-order valence-electron chi connectivity index (χ1n) is 7.12. The van der Waals surface area contributed by atoms with E-state index in [1.807, 2.05) is 36.9 Å². The molecule has 0 amide bonds. The van der Waals surface area contributed by atoms with Gasteiger partial charge in [-0.05, 0) is 49.6 Å². The summed E-state index contributed by atoms with van der Waals surface area (Å²) in [6.45, 7) is 2.74. The molecular weight excluding hydrogens is 336 g/mol. The Balaban J connectivity index is 1.79. The van der Waals surface area contributed by atoms with Crippen molar-refractivity contribution < 1.29 is 9.53 Å².